The summed E-state index contributed by atoms with van der Waals surface area (Å²) in [5, 5.41) is 0. The van der Waals surface area contributed by atoms with Gasteiger partial charge in [-0.25, -0.2) is 0 Å². The van der Waals surface area contributed by atoms with Crippen molar-refractivity contribution in [2.75, 3.05) is 0 Å². The van der Waals surface area contributed by atoms with Gasteiger partial charge in [0.15, 0.2) is 0 Å². The third-order valence-corrected chi connectivity index (χ3v) is 1.60. The maximum Gasteiger partial charge on any atom is 0.123 e. The van der Waals surface area contributed by atoms with Crippen LogP contribution in [0.25, 0.3) is 0 Å². The van der Waals surface area contributed by atoms with Gasteiger partial charge in [-0.1, -0.05) is 6.92 Å². The van der Waals surface area contributed by atoms with Crippen molar-refractivity contribution in [1.82, 2.24) is 0 Å². The van der Waals surface area contributed by atoms with Gasteiger partial charge in [0.25, 0.3) is 0 Å². The largest absolute Gasteiger partial charge is 0.303 e. The Morgan fingerprint density at radius 2 is 2.14 bits per heavy atom. The first-order chi connectivity index (χ1) is 3.33. The van der Waals surface area contributed by atoms with Crippen LogP contribution in [0.3, 0.4) is 0 Å². The zero-order chi connectivity index (χ0) is 5.28. The quantitative estimate of drug-likeness (QED) is 0.451. The van der Waals surface area contributed by atoms with E-state index < -0.39 is 0 Å². The van der Waals surface area contributed by atoms with Gasteiger partial charge in [-0.05, 0) is 18.8 Å². The van der Waals surface area contributed by atoms with Gasteiger partial charge in [-0.2, -0.15) is 0 Å². The van der Waals surface area contributed by atoms with Crippen molar-refractivity contribution in [2.24, 2.45) is 11.8 Å². The lowest BCUT2D eigenvalue weighted by Crippen LogP contribution is -2.21. The van der Waals surface area contributed by atoms with Crippen LogP contribution in [-0.2, 0) is 4.79 Å². The molecular formula is C6H10O. The van der Waals surface area contributed by atoms with Crippen LogP contribution in [0.15, 0.2) is 0 Å². The van der Waals surface area contributed by atoms with E-state index in [9.17, 15) is 4.79 Å². The van der Waals surface area contributed by atoms with Gasteiger partial charge in [-0.3, -0.25) is 0 Å². The third kappa shape index (κ3) is 0.817. The summed E-state index contributed by atoms with van der Waals surface area (Å²) in [5.74, 6) is 1.23. The van der Waals surface area contributed by atoms with E-state index >= 15 is 0 Å². The molecule has 1 rings (SSSR count). The van der Waals surface area contributed by atoms with E-state index in [1.54, 1.807) is 0 Å². The monoisotopic (exact) mass is 98.1 g/mol. The normalized spacial score (nSPS) is 39.6. The molecule has 1 fully saturated rings. The molecule has 0 unspecified atom stereocenters. The Morgan fingerprint density at radius 3 is 2.29 bits per heavy atom. The number of aldehydes is 1. The Hall–Kier alpha value is -0.330. The maximum atomic E-state index is 9.93. The van der Waals surface area contributed by atoms with E-state index in [1.165, 1.54) is 0 Å². The van der Waals surface area contributed by atoms with Crippen molar-refractivity contribution in [3.63, 3.8) is 0 Å². The van der Waals surface area contributed by atoms with Crippen LogP contribution in [0.2, 0.25) is 0 Å². The minimum absolute atomic E-state index is 0.412. The molecule has 0 aromatic heterocycles. The summed E-state index contributed by atoms with van der Waals surface area (Å²) in [7, 11) is 0. The number of rotatable bonds is 1. The van der Waals surface area contributed by atoms with Crippen molar-refractivity contribution in [3.05, 3.63) is 0 Å². The van der Waals surface area contributed by atoms with Gasteiger partial charge in [0.1, 0.15) is 6.29 Å². The highest BCUT2D eigenvalue weighted by molar-refractivity contribution is 5.54. The predicted molar refractivity (Wildman–Crippen MR) is 28.0 cm³/mol. The molecule has 40 valence electrons. The third-order valence-electron chi connectivity index (χ3n) is 1.60. The Morgan fingerprint density at radius 1 is 1.57 bits per heavy atom. The van der Waals surface area contributed by atoms with Gasteiger partial charge in [0.2, 0.25) is 0 Å². The molecule has 0 atom stereocenters. The summed E-state index contributed by atoms with van der Waals surface area (Å²) in [5.41, 5.74) is 0. The summed E-state index contributed by atoms with van der Waals surface area (Å²) >= 11 is 0. The first-order valence-corrected chi connectivity index (χ1v) is 2.78. The second-order valence-corrected chi connectivity index (χ2v) is 2.47. The second-order valence-electron chi connectivity index (χ2n) is 2.47. The summed E-state index contributed by atoms with van der Waals surface area (Å²) in [6, 6.07) is 0. The zero-order valence-corrected chi connectivity index (χ0v) is 4.55. The molecule has 0 aromatic carbocycles. The Kier molecular flexibility index (Phi) is 1.13. The topological polar surface area (TPSA) is 17.1 Å². The van der Waals surface area contributed by atoms with Gasteiger partial charge < -0.3 is 4.79 Å². The zero-order valence-electron chi connectivity index (χ0n) is 4.55. The number of carbonyl (C=O) groups excluding carboxylic acids is 1. The van der Waals surface area contributed by atoms with Crippen LogP contribution < -0.4 is 0 Å². The molecule has 0 saturated heterocycles. The molecule has 1 heteroatoms. The van der Waals surface area contributed by atoms with E-state index in [-0.39, 0.29) is 0 Å². The fraction of sp³-hybridized carbons (Fsp3) is 0.833. The molecule has 0 N–H and O–H groups in total. The van der Waals surface area contributed by atoms with Crippen molar-refractivity contribution >= 4 is 6.29 Å². The average molecular weight is 98.1 g/mol. The van der Waals surface area contributed by atoms with Crippen molar-refractivity contribution in [1.29, 1.82) is 0 Å². The molecule has 0 amide bonds. The number of hydrogen-bond donors (Lipinski definition) is 0. The van der Waals surface area contributed by atoms with Gasteiger partial charge >= 0.3 is 0 Å². The SMILES string of the molecule is C[C@H]1C[C@H](C=O)C1. The summed E-state index contributed by atoms with van der Waals surface area (Å²) < 4.78 is 0. The van der Waals surface area contributed by atoms with Crippen LogP contribution in [0.1, 0.15) is 19.8 Å². The number of hydrogen-bond acceptors (Lipinski definition) is 1. The molecule has 1 nitrogen and oxygen atoms in total. The lowest BCUT2D eigenvalue weighted by atomic mass is 9.77. The Balaban J connectivity index is 2.17. The fourth-order valence-electron chi connectivity index (χ4n) is 1.08. The highest BCUT2D eigenvalue weighted by atomic mass is 16.1. The predicted octanol–water partition coefficient (Wildman–Crippen LogP) is 1.23. The average Bonchev–Trinajstić information content (AvgIpc) is 1.58. The van der Waals surface area contributed by atoms with Crippen LogP contribution in [-0.4, -0.2) is 6.29 Å². The molecule has 7 heavy (non-hydrogen) atoms. The summed E-state index contributed by atoms with van der Waals surface area (Å²) in [6.45, 7) is 2.18. The standard InChI is InChI=1S/C6H10O/c1-5-2-6(3-5)4-7/h4-6H,2-3H2,1H3/t5-,6-. The Bertz CT molecular complexity index is 72.2. The van der Waals surface area contributed by atoms with E-state index in [0.717, 1.165) is 25.0 Å². The van der Waals surface area contributed by atoms with Crippen molar-refractivity contribution in [2.45, 2.75) is 19.8 Å². The van der Waals surface area contributed by atoms with Crippen LogP contribution in [0.4, 0.5) is 0 Å². The molecular weight excluding hydrogens is 88.1 g/mol. The highest BCUT2D eigenvalue weighted by Crippen LogP contribution is 2.30. The van der Waals surface area contributed by atoms with E-state index in [2.05, 4.69) is 6.92 Å². The smallest absolute Gasteiger partial charge is 0.123 e. The number of carbonyl (C=O) groups is 1. The highest BCUT2D eigenvalue weighted by Gasteiger charge is 2.23. The lowest BCUT2D eigenvalue weighted by Gasteiger charge is -2.27. The molecule has 0 aliphatic heterocycles. The molecule has 0 heterocycles. The molecule has 0 aromatic rings. The second kappa shape index (κ2) is 1.65. The van der Waals surface area contributed by atoms with Gasteiger partial charge in [-0.15, -0.1) is 0 Å². The summed E-state index contributed by atoms with van der Waals surface area (Å²) in [4.78, 5) is 9.93. The minimum Gasteiger partial charge on any atom is -0.303 e. The summed E-state index contributed by atoms with van der Waals surface area (Å²) in [6.07, 6.45) is 3.33. The molecule has 0 spiro atoms. The van der Waals surface area contributed by atoms with E-state index in [1.807, 2.05) is 0 Å². The molecule has 1 aliphatic carbocycles. The molecule has 1 saturated carbocycles. The van der Waals surface area contributed by atoms with Crippen molar-refractivity contribution in [3.8, 4) is 0 Å². The fourth-order valence-corrected chi connectivity index (χ4v) is 1.08. The molecule has 0 radical (unpaired) electrons. The lowest BCUT2D eigenvalue weighted by molar-refractivity contribution is -0.114. The maximum absolute atomic E-state index is 9.93. The molecule has 0 bridgehead atoms. The van der Waals surface area contributed by atoms with Gasteiger partial charge in [0, 0.05) is 5.92 Å². The van der Waals surface area contributed by atoms with Crippen LogP contribution in [0, 0.1) is 11.8 Å². The molecule has 1 aliphatic rings. The first-order valence-electron chi connectivity index (χ1n) is 2.78. The van der Waals surface area contributed by atoms with E-state index in [0.29, 0.717) is 5.92 Å². The van der Waals surface area contributed by atoms with Crippen molar-refractivity contribution < 1.29 is 4.79 Å². The minimum atomic E-state index is 0.412. The van der Waals surface area contributed by atoms with Crippen LogP contribution in [0.5, 0.6) is 0 Å². The Labute approximate surface area is 43.7 Å². The van der Waals surface area contributed by atoms with Gasteiger partial charge in [0.05, 0.1) is 0 Å². The van der Waals surface area contributed by atoms with E-state index in [4.69, 9.17) is 0 Å². The van der Waals surface area contributed by atoms with Crippen LogP contribution >= 0.6 is 0 Å². The first kappa shape index (κ1) is 4.82.